The number of thioether (sulfide) groups is 1. The van der Waals surface area contributed by atoms with Gasteiger partial charge in [0.05, 0.1) is 6.26 Å². The number of carboxylic acids is 1. The van der Waals surface area contributed by atoms with Crippen LogP contribution in [0.5, 0.6) is 0 Å². The van der Waals surface area contributed by atoms with Crippen LogP contribution < -0.4 is 5.48 Å². The summed E-state index contributed by atoms with van der Waals surface area (Å²) in [5.41, 5.74) is 2.47. The second kappa shape index (κ2) is 12.0. The number of hydrogen-bond acceptors (Lipinski definition) is 5. The average molecular weight is 380 g/mol. The summed E-state index contributed by atoms with van der Waals surface area (Å²) in [5, 5.41) is 18.0. The van der Waals surface area contributed by atoms with E-state index >= 15 is 0 Å². The molecule has 1 heterocycles. The van der Waals surface area contributed by atoms with E-state index in [0.717, 1.165) is 42.8 Å². The van der Waals surface area contributed by atoms with Gasteiger partial charge in [-0.25, -0.2) is 5.48 Å². The van der Waals surface area contributed by atoms with Crippen LogP contribution in [0.3, 0.4) is 0 Å². The van der Waals surface area contributed by atoms with Crippen molar-refractivity contribution >= 4 is 17.7 Å². The average Bonchev–Trinajstić information content (AvgIpc) is 3.27. The molecular weight excluding hydrogens is 350 g/mol. The van der Waals surface area contributed by atoms with Gasteiger partial charge in [-0.1, -0.05) is 24.3 Å². The van der Waals surface area contributed by atoms with Crippen LogP contribution in [0.2, 0.25) is 0 Å². The number of aliphatic carboxylic acids is 1. The monoisotopic (exact) mass is 379 g/mol. The van der Waals surface area contributed by atoms with E-state index in [-0.39, 0.29) is 12.5 Å². The minimum atomic E-state index is -0.734. The fourth-order valence-corrected chi connectivity index (χ4v) is 4.18. The number of rotatable bonds is 12. The van der Waals surface area contributed by atoms with Gasteiger partial charge in [0.25, 0.3) is 0 Å². The van der Waals surface area contributed by atoms with Crippen molar-refractivity contribution in [3.8, 4) is 0 Å². The smallest absolute Gasteiger partial charge is 0.303 e. The fraction of sp³-hybridized carbons (Fsp3) is 0.550. The Bertz CT molecular complexity index is 570. The summed E-state index contributed by atoms with van der Waals surface area (Å²) in [6.45, 7) is 0. The molecule has 1 aliphatic carbocycles. The van der Waals surface area contributed by atoms with E-state index in [1.165, 1.54) is 0 Å². The van der Waals surface area contributed by atoms with Crippen molar-refractivity contribution in [2.75, 3.05) is 5.75 Å². The lowest BCUT2D eigenvalue weighted by Crippen LogP contribution is -2.30. The maximum atomic E-state index is 10.5. The van der Waals surface area contributed by atoms with Crippen molar-refractivity contribution in [2.24, 2.45) is 11.8 Å². The van der Waals surface area contributed by atoms with E-state index in [4.69, 9.17) is 9.52 Å². The molecule has 0 saturated heterocycles. The molecule has 0 radical (unpaired) electrons. The molecule has 1 unspecified atom stereocenters. The zero-order valence-electron chi connectivity index (χ0n) is 15.0. The largest absolute Gasteiger partial charge is 0.481 e. The van der Waals surface area contributed by atoms with Gasteiger partial charge in [-0.2, -0.15) is 0 Å². The topological polar surface area (TPSA) is 82.7 Å². The summed E-state index contributed by atoms with van der Waals surface area (Å²) in [4.78, 5) is 11.7. The molecule has 0 aromatic carbocycles. The summed E-state index contributed by atoms with van der Waals surface area (Å²) in [6.07, 6.45) is 17.9. The van der Waals surface area contributed by atoms with Crippen LogP contribution in [0.25, 0.3) is 0 Å². The Kier molecular flexibility index (Phi) is 9.60. The highest BCUT2D eigenvalue weighted by Crippen LogP contribution is 2.36. The van der Waals surface area contributed by atoms with Crippen molar-refractivity contribution in [1.29, 1.82) is 0 Å². The molecule has 1 aromatic rings. The molecule has 0 spiro atoms. The van der Waals surface area contributed by atoms with E-state index in [1.807, 2.05) is 6.07 Å². The van der Waals surface area contributed by atoms with Crippen LogP contribution in [0, 0.1) is 11.8 Å². The Morgan fingerprint density at radius 1 is 1.31 bits per heavy atom. The first-order chi connectivity index (χ1) is 12.7. The minimum Gasteiger partial charge on any atom is -0.481 e. The van der Waals surface area contributed by atoms with Crippen LogP contribution in [-0.2, 0) is 4.79 Å². The first-order valence-electron chi connectivity index (χ1n) is 9.28. The normalized spacial score (nSPS) is 23.3. The van der Waals surface area contributed by atoms with Gasteiger partial charge in [0.2, 0.25) is 0 Å². The standard InChI is InChI=1S/C20H29NO4S/c22-20(23)9-4-2-1-3-7-16-10-11-19(21-24)18(16)8-5-6-14-26-17-12-13-25-15-17/h1,3,5,8,12-13,15-16,18-19,21,24H,2,4,6-7,9-11,14H2,(H,22,23)/b3-1-,8-5+/t16-,18+,19?/m0/s1. The Morgan fingerprint density at radius 2 is 2.19 bits per heavy atom. The molecule has 3 N–H and O–H groups in total. The Hall–Kier alpha value is -1.50. The van der Waals surface area contributed by atoms with E-state index in [1.54, 1.807) is 24.3 Å². The molecule has 1 fully saturated rings. The molecule has 1 saturated carbocycles. The number of unbranched alkanes of at least 4 members (excludes halogenated alkanes) is 1. The van der Waals surface area contributed by atoms with E-state index in [9.17, 15) is 10.0 Å². The second-order valence-corrected chi connectivity index (χ2v) is 7.84. The van der Waals surface area contributed by atoms with E-state index in [0.29, 0.717) is 18.3 Å². The number of hydrogen-bond donors (Lipinski definition) is 3. The Morgan fingerprint density at radius 3 is 2.92 bits per heavy atom. The third-order valence-corrected chi connectivity index (χ3v) is 5.80. The summed E-state index contributed by atoms with van der Waals surface area (Å²) in [5.74, 6) is 1.13. The first-order valence-corrected chi connectivity index (χ1v) is 10.3. The lowest BCUT2D eigenvalue weighted by Gasteiger charge is -2.20. The van der Waals surface area contributed by atoms with Gasteiger partial charge in [-0.3, -0.25) is 4.79 Å². The summed E-state index contributed by atoms with van der Waals surface area (Å²) < 4.78 is 5.06. The quantitative estimate of drug-likeness (QED) is 0.207. The number of furan rings is 1. The fourth-order valence-electron chi connectivity index (χ4n) is 3.42. The second-order valence-electron chi connectivity index (χ2n) is 6.67. The van der Waals surface area contributed by atoms with Crippen LogP contribution >= 0.6 is 11.8 Å². The van der Waals surface area contributed by atoms with Gasteiger partial charge in [-0.05, 0) is 56.4 Å². The highest BCUT2D eigenvalue weighted by Gasteiger charge is 2.33. The van der Waals surface area contributed by atoms with E-state index < -0.39 is 5.97 Å². The molecule has 0 aliphatic heterocycles. The van der Waals surface area contributed by atoms with Crippen molar-refractivity contribution < 1.29 is 19.5 Å². The number of nitrogens with one attached hydrogen (secondary N) is 1. The highest BCUT2D eigenvalue weighted by molar-refractivity contribution is 7.99. The first kappa shape index (κ1) is 20.8. The van der Waals surface area contributed by atoms with Crippen LogP contribution in [0.1, 0.15) is 44.9 Å². The number of allylic oxidation sites excluding steroid dienone is 3. The van der Waals surface area contributed by atoms with Crippen molar-refractivity contribution in [3.63, 3.8) is 0 Å². The number of carboxylic acid groups (broad SMARTS) is 1. The highest BCUT2D eigenvalue weighted by atomic mass is 32.2. The summed E-state index contributed by atoms with van der Waals surface area (Å²) in [6, 6.07) is 2.09. The van der Waals surface area contributed by atoms with Gasteiger partial charge < -0.3 is 14.7 Å². The lowest BCUT2D eigenvalue weighted by molar-refractivity contribution is -0.137. The zero-order valence-corrected chi connectivity index (χ0v) is 15.9. The number of carbonyl (C=O) groups is 1. The van der Waals surface area contributed by atoms with Gasteiger partial charge in [0.1, 0.15) is 6.26 Å². The molecule has 0 bridgehead atoms. The zero-order chi connectivity index (χ0) is 18.6. The number of hydroxylamine groups is 1. The predicted octanol–water partition coefficient (Wildman–Crippen LogP) is 4.89. The van der Waals surface area contributed by atoms with Gasteiger partial charge >= 0.3 is 5.97 Å². The molecule has 3 atom stereocenters. The minimum absolute atomic E-state index is 0.123. The van der Waals surface area contributed by atoms with Crippen LogP contribution in [0.4, 0.5) is 0 Å². The molecule has 6 heteroatoms. The maximum absolute atomic E-state index is 10.5. The van der Waals surface area contributed by atoms with Crippen molar-refractivity contribution in [1.82, 2.24) is 5.48 Å². The van der Waals surface area contributed by atoms with Gasteiger partial charge in [0, 0.05) is 23.1 Å². The third kappa shape index (κ3) is 7.40. The SMILES string of the molecule is O=C(O)CCC/C=C\C[C@H]1CCC(NO)[C@@H]1/C=C/CCSc1ccoc1. The van der Waals surface area contributed by atoms with Crippen LogP contribution in [0.15, 0.2) is 52.2 Å². The van der Waals surface area contributed by atoms with Crippen molar-refractivity contribution in [2.45, 2.75) is 55.9 Å². The summed E-state index contributed by atoms with van der Waals surface area (Å²) in [7, 11) is 0. The Balaban J connectivity index is 1.72. The summed E-state index contributed by atoms with van der Waals surface area (Å²) >= 11 is 1.78. The van der Waals surface area contributed by atoms with Crippen LogP contribution in [-0.4, -0.2) is 28.1 Å². The predicted molar refractivity (Wildman–Crippen MR) is 103 cm³/mol. The molecule has 1 aromatic heterocycles. The molecule has 0 amide bonds. The molecule has 144 valence electrons. The van der Waals surface area contributed by atoms with Crippen molar-refractivity contribution in [3.05, 3.63) is 42.9 Å². The molecule has 2 rings (SSSR count). The Labute approximate surface area is 159 Å². The third-order valence-electron chi connectivity index (χ3n) is 4.80. The van der Waals surface area contributed by atoms with Gasteiger partial charge in [-0.15, -0.1) is 11.8 Å². The molecule has 5 nitrogen and oxygen atoms in total. The van der Waals surface area contributed by atoms with Gasteiger partial charge in [0.15, 0.2) is 0 Å². The lowest BCUT2D eigenvalue weighted by atomic mass is 9.90. The van der Waals surface area contributed by atoms with E-state index in [2.05, 4.69) is 29.8 Å². The molecular formula is C20H29NO4S. The maximum Gasteiger partial charge on any atom is 0.303 e. The molecule has 26 heavy (non-hydrogen) atoms. The molecule has 1 aliphatic rings.